The first-order valence-electron chi connectivity index (χ1n) is 18.4. The third-order valence-corrected chi connectivity index (χ3v) is 12.2. The van der Waals surface area contributed by atoms with E-state index in [2.05, 4.69) is 207 Å². The van der Waals surface area contributed by atoms with Crippen molar-refractivity contribution in [3.8, 4) is 44.5 Å². The van der Waals surface area contributed by atoms with Crippen LogP contribution in [0.3, 0.4) is 0 Å². The van der Waals surface area contributed by atoms with Gasteiger partial charge in [-0.1, -0.05) is 166 Å². The number of nitrogens with zero attached hydrogens (tertiary/aromatic N) is 1. The van der Waals surface area contributed by atoms with Crippen LogP contribution in [0.1, 0.15) is 25.0 Å². The van der Waals surface area contributed by atoms with E-state index in [1.54, 1.807) is 0 Å². The first-order chi connectivity index (χ1) is 26.1. The van der Waals surface area contributed by atoms with Crippen LogP contribution in [0.5, 0.6) is 0 Å². The van der Waals surface area contributed by atoms with Crippen molar-refractivity contribution in [2.75, 3.05) is 4.90 Å². The number of thiophene rings is 1. The molecule has 0 saturated carbocycles. The quantitative estimate of drug-likeness (QED) is 0.167. The summed E-state index contributed by atoms with van der Waals surface area (Å²) in [5.41, 5.74) is 16.0. The molecule has 0 saturated heterocycles. The molecule has 1 aliphatic carbocycles. The third-order valence-electron chi connectivity index (χ3n) is 11.1. The van der Waals surface area contributed by atoms with Crippen molar-refractivity contribution in [1.82, 2.24) is 0 Å². The SMILES string of the molecule is CC1(C)c2ccccc2-c2c(-c3ccccc3N(c3ccc(-c4ccccc4)cc3-c3ccccc3)c3cccc4sc5ccccc5c34)cccc21. The fourth-order valence-electron chi connectivity index (χ4n) is 8.60. The van der Waals surface area contributed by atoms with Crippen LogP contribution >= 0.6 is 11.3 Å². The molecular formula is C51H37NS. The molecule has 0 fully saturated rings. The lowest BCUT2D eigenvalue weighted by Crippen LogP contribution is -2.15. The molecule has 8 aromatic carbocycles. The van der Waals surface area contributed by atoms with Gasteiger partial charge in [0.2, 0.25) is 0 Å². The van der Waals surface area contributed by atoms with Crippen molar-refractivity contribution >= 4 is 48.6 Å². The van der Waals surface area contributed by atoms with E-state index >= 15 is 0 Å². The summed E-state index contributed by atoms with van der Waals surface area (Å²) in [5.74, 6) is 0. The van der Waals surface area contributed by atoms with Crippen molar-refractivity contribution in [3.05, 3.63) is 199 Å². The fraction of sp³-hybridized carbons (Fsp3) is 0.0588. The second kappa shape index (κ2) is 12.5. The molecule has 0 spiro atoms. The second-order valence-electron chi connectivity index (χ2n) is 14.5. The molecule has 9 aromatic rings. The predicted molar refractivity (Wildman–Crippen MR) is 228 cm³/mol. The Morgan fingerprint density at radius 3 is 1.81 bits per heavy atom. The van der Waals surface area contributed by atoms with Gasteiger partial charge in [0, 0.05) is 36.7 Å². The molecule has 53 heavy (non-hydrogen) atoms. The summed E-state index contributed by atoms with van der Waals surface area (Å²) in [6.07, 6.45) is 0. The Kier molecular flexibility index (Phi) is 7.42. The van der Waals surface area contributed by atoms with Crippen LogP contribution in [0.15, 0.2) is 188 Å². The molecule has 1 aromatic heterocycles. The largest absolute Gasteiger partial charge is 0.309 e. The Morgan fingerprint density at radius 2 is 0.981 bits per heavy atom. The Balaban J connectivity index is 1.30. The Bertz CT molecular complexity index is 2810. The fourth-order valence-corrected chi connectivity index (χ4v) is 9.72. The summed E-state index contributed by atoms with van der Waals surface area (Å²) >= 11 is 1.87. The van der Waals surface area contributed by atoms with E-state index in [9.17, 15) is 0 Å². The predicted octanol–water partition coefficient (Wildman–Crippen LogP) is 14.8. The lowest BCUT2D eigenvalue weighted by molar-refractivity contribution is 0.660. The van der Waals surface area contributed by atoms with Gasteiger partial charge in [0.05, 0.1) is 17.1 Å². The summed E-state index contributed by atoms with van der Waals surface area (Å²) in [5, 5.41) is 2.56. The molecule has 0 bridgehead atoms. The van der Waals surface area contributed by atoms with Crippen LogP contribution in [0.25, 0.3) is 64.7 Å². The second-order valence-corrected chi connectivity index (χ2v) is 15.5. The number of rotatable bonds is 6. The summed E-state index contributed by atoms with van der Waals surface area (Å²) in [4.78, 5) is 2.54. The van der Waals surface area contributed by atoms with E-state index in [1.165, 1.54) is 81.5 Å². The number of hydrogen-bond acceptors (Lipinski definition) is 2. The number of para-hydroxylation sites is 1. The highest BCUT2D eigenvalue weighted by Gasteiger charge is 2.37. The summed E-state index contributed by atoms with van der Waals surface area (Å²) in [6.45, 7) is 4.73. The van der Waals surface area contributed by atoms with Crippen molar-refractivity contribution in [3.63, 3.8) is 0 Å². The molecule has 0 unspecified atom stereocenters. The first kappa shape index (κ1) is 31.5. The van der Waals surface area contributed by atoms with Crippen LogP contribution in [-0.4, -0.2) is 0 Å². The van der Waals surface area contributed by atoms with Gasteiger partial charge in [-0.25, -0.2) is 0 Å². The third kappa shape index (κ3) is 5.05. The topological polar surface area (TPSA) is 3.24 Å². The molecule has 1 nitrogen and oxygen atoms in total. The van der Waals surface area contributed by atoms with Gasteiger partial charge >= 0.3 is 0 Å². The van der Waals surface area contributed by atoms with Crippen molar-refractivity contribution in [1.29, 1.82) is 0 Å². The minimum absolute atomic E-state index is 0.0918. The normalized spacial score (nSPS) is 12.9. The monoisotopic (exact) mass is 695 g/mol. The van der Waals surface area contributed by atoms with Gasteiger partial charge < -0.3 is 4.90 Å². The standard InChI is InChI=1S/C51H37NS/c1-51(2)42-25-12-9-22-39(42)49-38(24-15-26-43(49)51)37-21-10-13-27-44(37)52(46-28-16-30-48-50(46)40-23-11-14-29-47(40)53-48)45-32-31-36(34-17-5-3-6-18-34)33-41(45)35-19-7-4-8-20-35/h3-33H,1-2H3. The van der Waals surface area contributed by atoms with Crippen molar-refractivity contribution in [2.24, 2.45) is 0 Å². The van der Waals surface area contributed by atoms with E-state index in [-0.39, 0.29) is 5.41 Å². The van der Waals surface area contributed by atoms with Crippen molar-refractivity contribution in [2.45, 2.75) is 19.3 Å². The first-order valence-corrected chi connectivity index (χ1v) is 19.2. The minimum atomic E-state index is -0.0918. The van der Waals surface area contributed by atoms with Gasteiger partial charge in [-0.15, -0.1) is 11.3 Å². The van der Waals surface area contributed by atoms with Crippen LogP contribution in [-0.2, 0) is 5.41 Å². The number of anilines is 3. The van der Waals surface area contributed by atoms with Crippen LogP contribution in [0.4, 0.5) is 17.1 Å². The number of benzene rings is 8. The van der Waals surface area contributed by atoms with E-state index in [4.69, 9.17) is 0 Å². The zero-order valence-electron chi connectivity index (χ0n) is 29.8. The van der Waals surface area contributed by atoms with Gasteiger partial charge in [-0.3, -0.25) is 0 Å². The number of fused-ring (bicyclic) bond motifs is 6. The highest BCUT2D eigenvalue weighted by Crippen LogP contribution is 2.55. The van der Waals surface area contributed by atoms with Gasteiger partial charge in [-0.2, -0.15) is 0 Å². The highest BCUT2D eigenvalue weighted by atomic mass is 32.1. The molecule has 0 N–H and O–H groups in total. The Hall–Kier alpha value is -6.22. The molecule has 0 atom stereocenters. The van der Waals surface area contributed by atoms with Gasteiger partial charge in [0.15, 0.2) is 0 Å². The molecule has 2 heteroatoms. The van der Waals surface area contributed by atoms with Gasteiger partial charge in [0.25, 0.3) is 0 Å². The van der Waals surface area contributed by atoms with Gasteiger partial charge in [-0.05, 0) is 80.9 Å². The minimum Gasteiger partial charge on any atom is -0.309 e. The summed E-state index contributed by atoms with van der Waals surface area (Å²) in [6, 6.07) is 69.1. The van der Waals surface area contributed by atoms with Crippen LogP contribution in [0, 0.1) is 0 Å². The average Bonchev–Trinajstić information content (AvgIpc) is 3.72. The molecule has 1 aliphatic rings. The summed E-state index contributed by atoms with van der Waals surface area (Å²) in [7, 11) is 0. The van der Waals surface area contributed by atoms with E-state index in [0.717, 1.165) is 11.4 Å². The molecule has 0 amide bonds. The zero-order valence-corrected chi connectivity index (χ0v) is 30.6. The molecular weight excluding hydrogens is 659 g/mol. The van der Waals surface area contributed by atoms with E-state index in [0.29, 0.717) is 0 Å². The van der Waals surface area contributed by atoms with Crippen molar-refractivity contribution < 1.29 is 0 Å². The highest BCUT2D eigenvalue weighted by molar-refractivity contribution is 7.26. The maximum Gasteiger partial charge on any atom is 0.0555 e. The smallest absolute Gasteiger partial charge is 0.0555 e. The molecule has 0 radical (unpaired) electrons. The maximum absolute atomic E-state index is 2.54. The average molecular weight is 696 g/mol. The zero-order chi connectivity index (χ0) is 35.5. The lowest BCUT2D eigenvalue weighted by atomic mass is 9.82. The Labute approximate surface area is 315 Å². The van der Waals surface area contributed by atoms with E-state index in [1.807, 2.05) is 11.3 Å². The molecule has 1 heterocycles. The Morgan fingerprint density at radius 1 is 0.396 bits per heavy atom. The van der Waals surface area contributed by atoms with Gasteiger partial charge in [0.1, 0.15) is 0 Å². The summed E-state index contributed by atoms with van der Waals surface area (Å²) < 4.78 is 2.58. The van der Waals surface area contributed by atoms with E-state index < -0.39 is 0 Å². The van der Waals surface area contributed by atoms with Crippen LogP contribution < -0.4 is 4.90 Å². The molecule has 10 rings (SSSR count). The number of hydrogen-bond donors (Lipinski definition) is 0. The lowest BCUT2D eigenvalue weighted by Gasteiger charge is -2.31. The maximum atomic E-state index is 2.54. The van der Waals surface area contributed by atoms with Crippen LogP contribution in [0.2, 0.25) is 0 Å². The molecule has 252 valence electrons. The molecule has 0 aliphatic heterocycles.